The molecule has 3 nitrogen and oxygen atoms in total. The lowest BCUT2D eigenvalue weighted by Gasteiger charge is -2.03. The Bertz CT molecular complexity index is 354. The average Bonchev–Trinajstić information content (AvgIpc) is 2.45. The van der Waals surface area contributed by atoms with Gasteiger partial charge >= 0.3 is 5.97 Å². The summed E-state index contributed by atoms with van der Waals surface area (Å²) in [7, 11) is 0. The summed E-state index contributed by atoms with van der Waals surface area (Å²) < 4.78 is 0. The monoisotopic (exact) mass is 213 g/mol. The molecule has 1 aliphatic rings. The number of carboxylic acids is 1. The van der Waals surface area contributed by atoms with E-state index in [1.54, 1.807) is 0 Å². The Kier molecular flexibility index (Phi) is 3.13. The summed E-state index contributed by atoms with van der Waals surface area (Å²) in [5, 5.41) is 8.92. The van der Waals surface area contributed by atoms with E-state index >= 15 is 0 Å². The van der Waals surface area contributed by atoms with Crippen molar-refractivity contribution < 1.29 is 9.90 Å². The van der Waals surface area contributed by atoms with Gasteiger partial charge in [0, 0.05) is 6.04 Å². The highest BCUT2D eigenvalue weighted by Gasteiger charge is 2.32. The summed E-state index contributed by atoms with van der Waals surface area (Å²) in [4.78, 5) is 10.9. The third-order valence-corrected chi connectivity index (χ3v) is 2.56. The second kappa shape index (κ2) is 3.98. The summed E-state index contributed by atoms with van der Waals surface area (Å²) in [5.74, 6) is -1.19. The van der Waals surface area contributed by atoms with Gasteiger partial charge in [0.1, 0.15) is 0 Å². The minimum absolute atomic E-state index is 0. The van der Waals surface area contributed by atoms with E-state index in [2.05, 4.69) is 0 Å². The highest BCUT2D eigenvalue weighted by atomic mass is 35.5. The van der Waals surface area contributed by atoms with Gasteiger partial charge in [0.15, 0.2) is 0 Å². The molecule has 14 heavy (non-hydrogen) atoms. The second-order valence-electron chi connectivity index (χ2n) is 3.36. The van der Waals surface area contributed by atoms with Crippen molar-refractivity contribution >= 4 is 18.4 Å². The fourth-order valence-electron chi connectivity index (χ4n) is 1.91. The van der Waals surface area contributed by atoms with Crippen LogP contribution in [0.5, 0.6) is 0 Å². The SMILES string of the molecule is Cl.N[C@H]1C[C@@H](C(=O)O)c2ccccc21. The van der Waals surface area contributed by atoms with E-state index in [1.807, 2.05) is 24.3 Å². The summed E-state index contributed by atoms with van der Waals surface area (Å²) >= 11 is 0. The summed E-state index contributed by atoms with van der Waals surface area (Å²) in [5.41, 5.74) is 7.67. The molecule has 0 unspecified atom stereocenters. The first kappa shape index (κ1) is 11.0. The molecule has 76 valence electrons. The Balaban J connectivity index is 0.000000980. The molecule has 0 aromatic heterocycles. The summed E-state index contributed by atoms with van der Waals surface area (Å²) in [6.45, 7) is 0. The van der Waals surface area contributed by atoms with Crippen molar-refractivity contribution in [1.82, 2.24) is 0 Å². The van der Waals surface area contributed by atoms with Crippen LogP contribution in [0.4, 0.5) is 0 Å². The molecular weight excluding hydrogens is 202 g/mol. The summed E-state index contributed by atoms with van der Waals surface area (Å²) in [6.07, 6.45) is 0.523. The predicted molar refractivity (Wildman–Crippen MR) is 55.6 cm³/mol. The van der Waals surface area contributed by atoms with Crippen LogP contribution in [-0.2, 0) is 4.79 Å². The van der Waals surface area contributed by atoms with Gasteiger partial charge in [-0.05, 0) is 17.5 Å². The topological polar surface area (TPSA) is 63.3 Å². The molecule has 4 heteroatoms. The van der Waals surface area contributed by atoms with Gasteiger partial charge in [0.25, 0.3) is 0 Å². The molecule has 0 aliphatic heterocycles. The number of hydrogen-bond acceptors (Lipinski definition) is 2. The van der Waals surface area contributed by atoms with Gasteiger partial charge in [-0.2, -0.15) is 0 Å². The van der Waals surface area contributed by atoms with Crippen LogP contribution in [0, 0.1) is 0 Å². The Morgan fingerprint density at radius 1 is 1.36 bits per heavy atom. The number of fused-ring (bicyclic) bond motifs is 1. The third-order valence-electron chi connectivity index (χ3n) is 2.56. The van der Waals surface area contributed by atoms with Crippen molar-refractivity contribution in [2.45, 2.75) is 18.4 Å². The van der Waals surface area contributed by atoms with Crippen molar-refractivity contribution in [1.29, 1.82) is 0 Å². The van der Waals surface area contributed by atoms with Crippen molar-refractivity contribution in [2.24, 2.45) is 5.73 Å². The number of benzene rings is 1. The first-order valence-corrected chi connectivity index (χ1v) is 4.27. The van der Waals surface area contributed by atoms with E-state index in [0.29, 0.717) is 6.42 Å². The van der Waals surface area contributed by atoms with E-state index in [4.69, 9.17) is 10.8 Å². The standard InChI is InChI=1S/C10H11NO2.ClH/c11-9-5-8(10(12)13)6-3-1-2-4-7(6)9;/h1-4,8-9H,5,11H2,(H,12,13);1H/t8-,9+;/m1./s1. The Hall–Kier alpha value is -1.06. The van der Waals surface area contributed by atoms with E-state index < -0.39 is 11.9 Å². The van der Waals surface area contributed by atoms with Crippen LogP contribution in [0.15, 0.2) is 24.3 Å². The van der Waals surface area contributed by atoms with Crippen LogP contribution in [-0.4, -0.2) is 11.1 Å². The molecule has 2 atom stereocenters. The zero-order chi connectivity index (χ0) is 9.42. The largest absolute Gasteiger partial charge is 0.481 e. The minimum Gasteiger partial charge on any atom is -0.481 e. The van der Waals surface area contributed by atoms with E-state index in [1.165, 1.54) is 0 Å². The summed E-state index contributed by atoms with van der Waals surface area (Å²) in [6, 6.07) is 7.39. The number of rotatable bonds is 1. The molecule has 0 saturated heterocycles. The molecule has 0 spiro atoms. The van der Waals surface area contributed by atoms with Gasteiger partial charge in [-0.3, -0.25) is 4.79 Å². The van der Waals surface area contributed by atoms with Crippen LogP contribution in [0.3, 0.4) is 0 Å². The number of carboxylic acid groups (broad SMARTS) is 1. The van der Waals surface area contributed by atoms with Crippen molar-refractivity contribution in [3.8, 4) is 0 Å². The van der Waals surface area contributed by atoms with Crippen molar-refractivity contribution in [2.75, 3.05) is 0 Å². The van der Waals surface area contributed by atoms with E-state index in [-0.39, 0.29) is 18.4 Å². The normalized spacial score (nSPS) is 23.8. The van der Waals surface area contributed by atoms with Crippen LogP contribution in [0.2, 0.25) is 0 Å². The molecule has 2 rings (SSSR count). The van der Waals surface area contributed by atoms with Gasteiger partial charge in [0.2, 0.25) is 0 Å². The van der Waals surface area contributed by atoms with Gasteiger partial charge in [0.05, 0.1) is 5.92 Å². The lowest BCUT2D eigenvalue weighted by Crippen LogP contribution is -2.10. The lowest BCUT2D eigenvalue weighted by molar-refractivity contribution is -0.138. The highest BCUT2D eigenvalue weighted by Crippen LogP contribution is 2.38. The predicted octanol–water partition coefficient (Wildman–Crippen LogP) is 1.68. The van der Waals surface area contributed by atoms with Crippen molar-refractivity contribution in [3.63, 3.8) is 0 Å². The molecule has 0 fully saturated rings. The number of aliphatic carboxylic acids is 1. The molecule has 1 aliphatic carbocycles. The maximum absolute atomic E-state index is 10.9. The highest BCUT2D eigenvalue weighted by molar-refractivity contribution is 5.85. The third kappa shape index (κ3) is 1.61. The van der Waals surface area contributed by atoms with E-state index in [9.17, 15) is 4.79 Å². The van der Waals surface area contributed by atoms with Crippen molar-refractivity contribution in [3.05, 3.63) is 35.4 Å². The maximum Gasteiger partial charge on any atom is 0.311 e. The average molecular weight is 214 g/mol. The Morgan fingerprint density at radius 3 is 2.50 bits per heavy atom. The maximum atomic E-state index is 10.9. The number of nitrogens with two attached hydrogens (primary N) is 1. The molecule has 1 aromatic carbocycles. The number of halogens is 1. The van der Waals surface area contributed by atoms with Crippen LogP contribution < -0.4 is 5.73 Å². The van der Waals surface area contributed by atoms with Gasteiger partial charge in [-0.1, -0.05) is 24.3 Å². The molecule has 0 bridgehead atoms. The molecule has 0 radical (unpaired) electrons. The molecule has 0 amide bonds. The Labute approximate surface area is 88.3 Å². The van der Waals surface area contributed by atoms with E-state index in [0.717, 1.165) is 11.1 Å². The zero-order valence-electron chi connectivity index (χ0n) is 7.51. The molecule has 3 N–H and O–H groups in total. The van der Waals surface area contributed by atoms with Gasteiger partial charge in [-0.15, -0.1) is 12.4 Å². The Morgan fingerprint density at radius 2 is 1.93 bits per heavy atom. The molecule has 1 aromatic rings. The quantitative estimate of drug-likeness (QED) is 0.746. The van der Waals surface area contributed by atoms with Crippen LogP contribution in [0.1, 0.15) is 29.5 Å². The molecule has 0 heterocycles. The molecule has 0 saturated carbocycles. The smallest absolute Gasteiger partial charge is 0.311 e. The first-order valence-electron chi connectivity index (χ1n) is 4.27. The first-order chi connectivity index (χ1) is 6.20. The van der Waals surface area contributed by atoms with Gasteiger partial charge in [-0.25, -0.2) is 0 Å². The second-order valence-corrected chi connectivity index (χ2v) is 3.36. The lowest BCUT2D eigenvalue weighted by atomic mass is 10.0. The zero-order valence-corrected chi connectivity index (χ0v) is 8.33. The van der Waals surface area contributed by atoms with Crippen LogP contribution in [0.25, 0.3) is 0 Å². The molecular formula is C10H12ClNO2. The minimum atomic E-state index is -0.777. The van der Waals surface area contributed by atoms with Crippen LogP contribution >= 0.6 is 12.4 Å². The fraction of sp³-hybridized carbons (Fsp3) is 0.300. The fourth-order valence-corrected chi connectivity index (χ4v) is 1.91. The van der Waals surface area contributed by atoms with Gasteiger partial charge < -0.3 is 10.8 Å². The number of hydrogen-bond donors (Lipinski definition) is 2. The number of carbonyl (C=O) groups is 1.